The zero-order valence-corrected chi connectivity index (χ0v) is 13.9. The van der Waals surface area contributed by atoms with Gasteiger partial charge in [-0.15, -0.1) is 11.3 Å². The van der Waals surface area contributed by atoms with Crippen molar-refractivity contribution in [2.45, 2.75) is 39.3 Å². The van der Waals surface area contributed by atoms with Crippen LogP contribution in [0.5, 0.6) is 0 Å². The van der Waals surface area contributed by atoms with Crippen molar-refractivity contribution in [2.75, 3.05) is 13.7 Å². The number of hydrogen-bond donors (Lipinski definition) is 1. The van der Waals surface area contributed by atoms with Gasteiger partial charge in [-0.25, -0.2) is 4.98 Å². The fourth-order valence-electron chi connectivity index (χ4n) is 2.11. The summed E-state index contributed by atoms with van der Waals surface area (Å²) >= 11 is 1.81. The van der Waals surface area contributed by atoms with Crippen molar-refractivity contribution in [1.29, 1.82) is 0 Å². The van der Waals surface area contributed by atoms with E-state index in [1.165, 1.54) is 15.4 Å². The molecule has 0 bridgehead atoms. The fourth-order valence-corrected chi connectivity index (χ4v) is 3.24. The fraction of sp³-hybridized carbons (Fsp3) is 0.471. The van der Waals surface area contributed by atoms with Gasteiger partial charge in [0.1, 0.15) is 0 Å². The molecule has 0 aliphatic rings. The molecular weight excluding hydrogens is 280 g/mol. The highest BCUT2D eigenvalue weighted by atomic mass is 32.1. The molecule has 2 rings (SSSR count). The first-order valence-electron chi connectivity index (χ1n) is 7.47. The zero-order chi connectivity index (χ0) is 15.1. The lowest BCUT2D eigenvalue weighted by molar-refractivity contribution is 0.195. The van der Waals surface area contributed by atoms with Crippen LogP contribution in [0.1, 0.15) is 31.0 Å². The minimum Gasteiger partial charge on any atom is -0.385 e. The van der Waals surface area contributed by atoms with Gasteiger partial charge in [-0.3, -0.25) is 0 Å². The summed E-state index contributed by atoms with van der Waals surface area (Å²) in [5, 5.41) is 4.67. The second kappa shape index (κ2) is 8.27. The van der Waals surface area contributed by atoms with Crippen molar-refractivity contribution >= 4 is 11.3 Å². The Hall–Kier alpha value is -1.23. The van der Waals surface area contributed by atoms with Crippen molar-refractivity contribution in [3.05, 3.63) is 41.0 Å². The van der Waals surface area contributed by atoms with E-state index in [1.807, 2.05) is 11.3 Å². The maximum Gasteiger partial charge on any atom is 0.0936 e. The number of ether oxygens (including phenoxy) is 1. The molecule has 0 fully saturated rings. The van der Waals surface area contributed by atoms with E-state index >= 15 is 0 Å². The number of thiazole rings is 1. The van der Waals surface area contributed by atoms with E-state index in [0.29, 0.717) is 6.04 Å². The summed E-state index contributed by atoms with van der Waals surface area (Å²) in [5.74, 6) is 0. The van der Waals surface area contributed by atoms with E-state index < -0.39 is 0 Å². The van der Waals surface area contributed by atoms with Crippen LogP contribution < -0.4 is 5.32 Å². The average Bonchev–Trinajstić information content (AvgIpc) is 2.89. The van der Waals surface area contributed by atoms with Gasteiger partial charge in [0.2, 0.25) is 0 Å². The molecule has 114 valence electrons. The van der Waals surface area contributed by atoms with Crippen LogP contribution in [-0.2, 0) is 17.7 Å². The van der Waals surface area contributed by atoms with Crippen LogP contribution in [0.25, 0.3) is 10.4 Å². The Bertz CT molecular complexity index is 537. The Morgan fingerprint density at radius 3 is 2.67 bits per heavy atom. The van der Waals surface area contributed by atoms with Crippen LogP contribution in [0.15, 0.2) is 30.3 Å². The smallest absolute Gasteiger partial charge is 0.0936 e. The summed E-state index contributed by atoms with van der Waals surface area (Å²) in [7, 11) is 1.75. The highest BCUT2D eigenvalue weighted by molar-refractivity contribution is 7.15. The number of nitrogens with zero attached hydrogens (tertiary/aromatic N) is 1. The Morgan fingerprint density at radius 1 is 1.24 bits per heavy atom. The van der Waals surface area contributed by atoms with Gasteiger partial charge in [0, 0.05) is 32.7 Å². The van der Waals surface area contributed by atoms with Crippen molar-refractivity contribution in [1.82, 2.24) is 10.3 Å². The second-order valence-electron chi connectivity index (χ2n) is 5.38. The molecule has 1 heterocycles. The minimum atomic E-state index is 0.465. The van der Waals surface area contributed by atoms with Gasteiger partial charge in [0.15, 0.2) is 0 Å². The van der Waals surface area contributed by atoms with Crippen molar-refractivity contribution in [2.24, 2.45) is 0 Å². The molecule has 2 aromatic rings. The van der Waals surface area contributed by atoms with Gasteiger partial charge in [0.25, 0.3) is 0 Å². The van der Waals surface area contributed by atoms with Crippen LogP contribution in [-0.4, -0.2) is 24.7 Å². The summed E-state index contributed by atoms with van der Waals surface area (Å²) in [5.41, 5.74) is 2.42. The van der Waals surface area contributed by atoms with E-state index in [1.54, 1.807) is 7.11 Å². The van der Waals surface area contributed by atoms with E-state index in [9.17, 15) is 0 Å². The first-order chi connectivity index (χ1) is 10.2. The molecule has 3 nitrogen and oxygen atoms in total. The van der Waals surface area contributed by atoms with Crippen molar-refractivity contribution in [3.8, 4) is 10.4 Å². The van der Waals surface area contributed by atoms with Gasteiger partial charge >= 0.3 is 0 Å². The Kier molecular flexibility index (Phi) is 6.36. The number of benzene rings is 1. The molecular formula is C17H24N2OS. The van der Waals surface area contributed by atoms with E-state index in [2.05, 4.69) is 49.5 Å². The molecule has 0 aliphatic carbocycles. The number of aryl methyl sites for hydroxylation is 1. The molecule has 0 spiro atoms. The van der Waals surface area contributed by atoms with Gasteiger partial charge in [-0.05, 0) is 12.0 Å². The van der Waals surface area contributed by atoms with E-state index in [4.69, 9.17) is 9.72 Å². The van der Waals surface area contributed by atoms with Gasteiger partial charge in [-0.2, -0.15) is 0 Å². The van der Waals surface area contributed by atoms with E-state index in [-0.39, 0.29) is 0 Å². The minimum absolute atomic E-state index is 0.465. The SMILES string of the molecule is COCCCc1nc(CNC(C)C)c(-c2ccccc2)s1. The quantitative estimate of drug-likeness (QED) is 0.751. The number of rotatable bonds is 8. The molecule has 0 saturated heterocycles. The normalized spacial score (nSPS) is 11.2. The summed E-state index contributed by atoms with van der Waals surface area (Å²) in [6, 6.07) is 11.0. The molecule has 1 aromatic heterocycles. The first-order valence-corrected chi connectivity index (χ1v) is 8.28. The largest absolute Gasteiger partial charge is 0.385 e. The van der Waals surface area contributed by atoms with Crippen LogP contribution in [0.2, 0.25) is 0 Å². The lowest BCUT2D eigenvalue weighted by atomic mass is 10.1. The molecule has 0 saturated carbocycles. The molecule has 0 amide bonds. The Morgan fingerprint density at radius 2 is 2.00 bits per heavy atom. The lowest BCUT2D eigenvalue weighted by Gasteiger charge is -2.07. The van der Waals surface area contributed by atoms with Crippen molar-refractivity contribution in [3.63, 3.8) is 0 Å². The first kappa shape index (κ1) is 16.1. The average molecular weight is 304 g/mol. The molecule has 0 radical (unpaired) electrons. The monoisotopic (exact) mass is 304 g/mol. The van der Waals surface area contributed by atoms with Crippen molar-refractivity contribution < 1.29 is 4.74 Å². The van der Waals surface area contributed by atoms with Gasteiger partial charge in [-0.1, -0.05) is 44.2 Å². The zero-order valence-electron chi connectivity index (χ0n) is 13.1. The molecule has 1 aromatic carbocycles. The number of hydrogen-bond acceptors (Lipinski definition) is 4. The third-order valence-corrected chi connectivity index (χ3v) is 4.40. The van der Waals surface area contributed by atoms with Crippen LogP contribution >= 0.6 is 11.3 Å². The Labute approximate surface area is 131 Å². The second-order valence-corrected chi connectivity index (χ2v) is 6.47. The maximum absolute atomic E-state index is 5.13. The highest BCUT2D eigenvalue weighted by Gasteiger charge is 2.13. The third-order valence-electron chi connectivity index (χ3n) is 3.19. The topological polar surface area (TPSA) is 34.1 Å². The van der Waals surface area contributed by atoms with Gasteiger partial charge in [0.05, 0.1) is 15.6 Å². The summed E-state index contributed by atoms with van der Waals surface area (Å²) in [6.07, 6.45) is 2.01. The number of methoxy groups -OCH3 is 1. The van der Waals surface area contributed by atoms with Gasteiger partial charge < -0.3 is 10.1 Å². The molecule has 4 heteroatoms. The highest BCUT2D eigenvalue weighted by Crippen LogP contribution is 2.31. The van der Waals surface area contributed by atoms with Crippen LogP contribution in [0.4, 0.5) is 0 Å². The molecule has 0 unspecified atom stereocenters. The summed E-state index contributed by atoms with van der Waals surface area (Å²) in [4.78, 5) is 6.12. The molecule has 1 N–H and O–H groups in total. The molecule has 0 atom stereocenters. The number of nitrogens with one attached hydrogen (secondary N) is 1. The Balaban J connectivity index is 2.19. The predicted octanol–water partition coefficient (Wildman–Crippen LogP) is 3.89. The maximum atomic E-state index is 5.13. The summed E-state index contributed by atoms with van der Waals surface area (Å²) < 4.78 is 5.13. The lowest BCUT2D eigenvalue weighted by Crippen LogP contribution is -2.22. The van der Waals surface area contributed by atoms with E-state index in [0.717, 1.165) is 31.7 Å². The van der Waals surface area contributed by atoms with Crippen LogP contribution in [0, 0.1) is 0 Å². The summed E-state index contributed by atoms with van der Waals surface area (Å²) in [6.45, 7) is 5.94. The molecule has 0 aliphatic heterocycles. The van der Waals surface area contributed by atoms with Crippen LogP contribution in [0.3, 0.4) is 0 Å². The predicted molar refractivity (Wildman–Crippen MR) is 89.7 cm³/mol. The number of aromatic nitrogens is 1. The standard InChI is InChI=1S/C17H24N2OS/c1-13(2)18-12-15-17(14-8-5-4-6-9-14)21-16(19-15)10-7-11-20-3/h4-6,8-9,13,18H,7,10-12H2,1-3H3. The molecule has 21 heavy (non-hydrogen) atoms. The third kappa shape index (κ3) is 4.92.